The number of rotatable bonds is 8. The van der Waals surface area contributed by atoms with Gasteiger partial charge in [0.2, 0.25) is 0 Å². The Bertz CT molecular complexity index is 2930. The van der Waals surface area contributed by atoms with Gasteiger partial charge in [0, 0.05) is 33.8 Å². The van der Waals surface area contributed by atoms with Crippen LogP contribution in [0, 0.1) is 0 Å². The van der Waals surface area contributed by atoms with Crippen LogP contribution >= 0.6 is 0 Å². The number of hydrogen-bond acceptors (Lipinski definition) is 2. The molecule has 0 radical (unpaired) electrons. The Hall–Kier alpha value is -7.42. The average molecular weight is 716 g/mol. The largest absolute Gasteiger partial charge is 0.456 e. The summed E-state index contributed by atoms with van der Waals surface area (Å²) in [5.74, 6) is 0. The van der Waals surface area contributed by atoms with E-state index in [1.54, 1.807) is 0 Å². The molecule has 0 amide bonds. The fraction of sp³-hybridized carbons (Fsp3) is 0. The first kappa shape index (κ1) is 33.2. The Morgan fingerprint density at radius 2 is 0.750 bits per heavy atom. The summed E-state index contributed by atoms with van der Waals surface area (Å²) >= 11 is 0. The molecule has 0 bridgehead atoms. The third kappa shape index (κ3) is 6.14. The van der Waals surface area contributed by atoms with Crippen LogP contribution in [0.5, 0.6) is 0 Å². The molecule has 0 atom stereocenters. The number of furan rings is 1. The van der Waals surface area contributed by atoms with Gasteiger partial charge in [-0.05, 0) is 86.5 Å². The summed E-state index contributed by atoms with van der Waals surface area (Å²) in [6, 6.07) is 80.1. The molecule has 0 spiro atoms. The number of nitrogens with zero attached hydrogens (tertiary/aromatic N) is 1. The second-order valence-electron chi connectivity index (χ2n) is 14.1. The van der Waals surface area contributed by atoms with E-state index in [4.69, 9.17) is 4.42 Å². The van der Waals surface area contributed by atoms with Crippen LogP contribution in [0.1, 0.15) is 0 Å². The lowest BCUT2D eigenvalue weighted by molar-refractivity contribution is 0.669. The Labute approximate surface area is 327 Å². The number of fused-ring (bicyclic) bond motifs is 3. The van der Waals surface area contributed by atoms with E-state index < -0.39 is 0 Å². The van der Waals surface area contributed by atoms with Gasteiger partial charge in [0.15, 0.2) is 0 Å². The number of para-hydroxylation sites is 1. The van der Waals surface area contributed by atoms with Crippen LogP contribution in [-0.2, 0) is 0 Å². The van der Waals surface area contributed by atoms with Crippen molar-refractivity contribution in [3.8, 4) is 55.6 Å². The smallest absolute Gasteiger partial charge is 0.137 e. The lowest BCUT2D eigenvalue weighted by atomic mass is 9.87. The summed E-state index contributed by atoms with van der Waals surface area (Å²) < 4.78 is 6.49. The molecule has 264 valence electrons. The van der Waals surface area contributed by atoms with E-state index >= 15 is 0 Å². The highest BCUT2D eigenvalue weighted by Gasteiger charge is 2.23. The molecule has 1 aromatic heterocycles. The van der Waals surface area contributed by atoms with Gasteiger partial charge < -0.3 is 9.32 Å². The van der Waals surface area contributed by atoms with Gasteiger partial charge in [-0.15, -0.1) is 0 Å². The highest BCUT2D eigenvalue weighted by Crippen LogP contribution is 2.48. The third-order valence-electron chi connectivity index (χ3n) is 10.7. The van der Waals surface area contributed by atoms with Gasteiger partial charge in [0.1, 0.15) is 11.2 Å². The molecule has 1 heterocycles. The van der Waals surface area contributed by atoms with E-state index in [0.717, 1.165) is 66.8 Å². The second-order valence-corrected chi connectivity index (χ2v) is 14.1. The van der Waals surface area contributed by atoms with E-state index in [9.17, 15) is 0 Å². The molecule has 0 aliphatic rings. The van der Waals surface area contributed by atoms with Gasteiger partial charge >= 0.3 is 0 Å². The number of hydrogen-bond donors (Lipinski definition) is 0. The van der Waals surface area contributed by atoms with E-state index in [0.29, 0.717) is 0 Å². The minimum absolute atomic E-state index is 0.856. The van der Waals surface area contributed by atoms with Gasteiger partial charge in [-0.1, -0.05) is 182 Å². The lowest BCUT2D eigenvalue weighted by Gasteiger charge is -2.30. The van der Waals surface area contributed by atoms with E-state index in [-0.39, 0.29) is 0 Å². The van der Waals surface area contributed by atoms with Gasteiger partial charge in [-0.3, -0.25) is 0 Å². The van der Waals surface area contributed by atoms with Crippen LogP contribution in [0.4, 0.5) is 17.1 Å². The van der Waals surface area contributed by atoms with E-state index in [2.05, 4.69) is 217 Å². The van der Waals surface area contributed by atoms with E-state index in [1.807, 2.05) is 12.1 Å². The second kappa shape index (κ2) is 14.4. The zero-order valence-electron chi connectivity index (χ0n) is 30.7. The quantitative estimate of drug-likeness (QED) is 0.156. The Morgan fingerprint density at radius 3 is 1.41 bits per heavy atom. The van der Waals surface area contributed by atoms with Crippen molar-refractivity contribution in [2.45, 2.75) is 0 Å². The van der Waals surface area contributed by atoms with Crippen LogP contribution in [0.15, 0.2) is 229 Å². The molecule has 0 aliphatic carbocycles. The van der Waals surface area contributed by atoms with Crippen LogP contribution in [-0.4, -0.2) is 0 Å². The lowest BCUT2D eigenvalue weighted by Crippen LogP contribution is -2.12. The monoisotopic (exact) mass is 715 g/mol. The molecule has 2 nitrogen and oxygen atoms in total. The standard InChI is InChI=1S/C54H37NO/c1-4-15-38(16-5-1)39-27-29-40(30-28-39)41-31-33-44(34-32-41)55(45-35-36-49-48-22-12-13-26-52(48)56-53(49)37-45)51-25-14-24-47(43-19-8-3-9-20-43)54(51)50-23-11-10-21-46(50)42-17-6-2-7-18-42/h1-37H. The maximum Gasteiger partial charge on any atom is 0.137 e. The maximum atomic E-state index is 6.49. The topological polar surface area (TPSA) is 16.4 Å². The number of anilines is 3. The van der Waals surface area contributed by atoms with Gasteiger partial charge in [0.05, 0.1) is 5.69 Å². The van der Waals surface area contributed by atoms with Crippen molar-refractivity contribution in [3.63, 3.8) is 0 Å². The summed E-state index contributed by atoms with van der Waals surface area (Å²) in [4.78, 5) is 2.39. The summed E-state index contributed by atoms with van der Waals surface area (Å²) in [6.07, 6.45) is 0. The first-order valence-electron chi connectivity index (χ1n) is 19.1. The van der Waals surface area contributed by atoms with Crippen LogP contribution in [0.3, 0.4) is 0 Å². The van der Waals surface area contributed by atoms with Crippen molar-refractivity contribution in [1.29, 1.82) is 0 Å². The predicted molar refractivity (Wildman–Crippen MR) is 236 cm³/mol. The Kier molecular flexibility index (Phi) is 8.55. The Morgan fingerprint density at radius 1 is 0.286 bits per heavy atom. The summed E-state index contributed by atoms with van der Waals surface area (Å²) in [5, 5.41) is 2.22. The molecule has 2 heteroatoms. The predicted octanol–water partition coefficient (Wildman–Crippen LogP) is 15.4. The molecular weight excluding hydrogens is 679 g/mol. The molecule has 56 heavy (non-hydrogen) atoms. The molecule has 0 N–H and O–H groups in total. The van der Waals surface area contributed by atoms with Crippen molar-refractivity contribution in [2.75, 3.05) is 4.90 Å². The van der Waals surface area contributed by atoms with Gasteiger partial charge in [-0.2, -0.15) is 0 Å². The molecule has 0 saturated heterocycles. The average Bonchev–Trinajstić information content (AvgIpc) is 3.66. The SMILES string of the molecule is c1ccc(-c2ccc(-c3ccc(N(c4ccc5c(c4)oc4ccccc45)c4cccc(-c5ccccc5)c4-c4ccccc4-c4ccccc4)cc3)cc2)cc1. The molecular formula is C54H37NO. The first-order chi connectivity index (χ1) is 27.8. The minimum Gasteiger partial charge on any atom is -0.456 e. The minimum atomic E-state index is 0.856. The van der Waals surface area contributed by atoms with Crippen molar-refractivity contribution in [3.05, 3.63) is 224 Å². The molecule has 10 rings (SSSR count). The third-order valence-corrected chi connectivity index (χ3v) is 10.7. The van der Waals surface area contributed by atoms with Crippen molar-refractivity contribution >= 4 is 39.0 Å². The van der Waals surface area contributed by atoms with Crippen molar-refractivity contribution in [2.24, 2.45) is 0 Å². The summed E-state index contributed by atoms with van der Waals surface area (Å²) in [5.41, 5.74) is 16.6. The molecule has 10 aromatic rings. The fourth-order valence-electron chi connectivity index (χ4n) is 8.01. The molecule has 0 fully saturated rings. The van der Waals surface area contributed by atoms with Crippen molar-refractivity contribution < 1.29 is 4.42 Å². The zero-order chi connectivity index (χ0) is 37.3. The number of benzene rings is 9. The molecule has 0 aliphatic heterocycles. The molecule has 0 unspecified atom stereocenters. The normalized spacial score (nSPS) is 11.2. The molecule has 0 saturated carbocycles. The highest BCUT2D eigenvalue weighted by molar-refractivity contribution is 6.07. The molecule has 9 aromatic carbocycles. The van der Waals surface area contributed by atoms with E-state index in [1.165, 1.54) is 27.8 Å². The van der Waals surface area contributed by atoms with Crippen LogP contribution < -0.4 is 4.90 Å². The van der Waals surface area contributed by atoms with Crippen LogP contribution in [0.25, 0.3) is 77.6 Å². The van der Waals surface area contributed by atoms with Gasteiger partial charge in [0.25, 0.3) is 0 Å². The first-order valence-corrected chi connectivity index (χ1v) is 19.1. The fourth-order valence-corrected chi connectivity index (χ4v) is 8.01. The van der Waals surface area contributed by atoms with Crippen molar-refractivity contribution in [1.82, 2.24) is 0 Å². The summed E-state index contributed by atoms with van der Waals surface area (Å²) in [6.45, 7) is 0. The zero-order valence-corrected chi connectivity index (χ0v) is 30.7. The maximum absolute atomic E-state index is 6.49. The van der Waals surface area contributed by atoms with Gasteiger partial charge in [-0.25, -0.2) is 0 Å². The summed E-state index contributed by atoms with van der Waals surface area (Å²) in [7, 11) is 0. The van der Waals surface area contributed by atoms with Crippen LogP contribution in [0.2, 0.25) is 0 Å². The highest BCUT2D eigenvalue weighted by atomic mass is 16.3. The Balaban J connectivity index is 1.18.